The number of nitrogens with one attached hydrogen (secondary N) is 1. The Morgan fingerprint density at radius 1 is 1.35 bits per heavy atom. The molecular weight excluding hydrogens is 228 g/mol. The zero-order chi connectivity index (χ0) is 13.4. The first-order chi connectivity index (χ1) is 7.88. The Hall–Kier alpha value is -0.750. The van der Waals surface area contributed by atoms with Crippen molar-refractivity contribution in [1.29, 1.82) is 0 Å². The molecule has 1 atom stereocenters. The van der Waals surface area contributed by atoms with E-state index in [0.29, 0.717) is 19.0 Å². The van der Waals surface area contributed by atoms with Crippen molar-refractivity contribution < 1.29 is 13.6 Å². The van der Waals surface area contributed by atoms with Gasteiger partial charge in [-0.3, -0.25) is 9.69 Å². The van der Waals surface area contributed by atoms with E-state index in [0.717, 1.165) is 0 Å². The van der Waals surface area contributed by atoms with Crippen molar-refractivity contribution in [2.75, 3.05) is 26.2 Å². The standard InChI is InChI=1S/C11H23F2N3O/c1-8(2)6-15-11(17)9(3)16(5-4-14)7-10(12)13/h8-10H,4-7,14H2,1-3H3,(H,15,17). The number of carbonyl (C=O) groups excluding carboxylic acids is 1. The molecule has 0 rings (SSSR count). The Bertz CT molecular complexity index is 225. The van der Waals surface area contributed by atoms with Crippen LogP contribution in [0.2, 0.25) is 0 Å². The summed E-state index contributed by atoms with van der Waals surface area (Å²) in [5.74, 6) is 0.108. The van der Waals surface area contributed by atoms with E-state index >= 15 is 0 Å². The Morgan fingerprint density at radius 3 is 2.35 bits per heavy atom. The monoisotopic (exact) mass is 251 g/mol. The SMILES string of the molecule is CC(C)CNC(=O)C(C)N(CCN)CC(F)F. The fourth-order valence-electron chi connectivity index (χ4n) is 1.40. The van der Waals surface area contributed by atoms with Crippen LogP contribution in [0.4, 0.5) is 8.78 Å². The minimum atomic E-state index is -2.46. The maximum atomic E-state index is 12.3. The number of halogens is 2. The van der Waals surface area contributed by atoms with Gasteiger partial charge < -0.3 is 11.1 Å². The molecule has 0 aliphatic heterocycles. The molecule has 0 aliphatic carbocycles. The molecule has 1 unspecified atom stereocenters. The zero-order valence-electron chi connectivity index (χ0n) is 10.7. The van der Waals surface area contributed by atoms with Crippen molar-refractivity contribution in [3.05, 3.63) is 0 Å². The summed E-state index contributed by atoms with van der Waals surface area (Å²) in [6, 6.07) is -0.578. The average molecular weight is 251 g/mol. The topological polar surface area (TPSA) is 58.4 Å². The predicted octanol–water partition coefficient (Wildman–Crippen LogP) is 0.673. The molecule has 0 aliphatic rings. The lowest BCUT2D eigenvalue weighted by molar-refractivity contribution is -0.126. The molecule has 17 heavy (non-hydrogen) atoms. The molecule has 0 spiro atoms. The molecule has 0 heterocycles. The van der Waals surface area contributed by atoms with Gasteiger partial charge in [0.15, 0.2) is 0 Å². The van der Waals surface area contributed by atoms with Crippen LogP contribution in [-0.4, -0.2) is 49.5 Å². The van der Waals surface area contributed by atoms with E-state index in [-0.39, 0.29) is 12.5 Å². The molecule has 0 saturated heterocycles. The summed E-state index contributed by atoms with van der Waals surface area (Å²) < 4.78 is 24.7. The number of carbonyl (C=O) groups is 1. The van der Waals surface area contributed by atoms with Crippen LogP contribution in [0.5, 0.6) is 0 Å². The molecule has 1 amide bonds. The molecule has 6 heteroatoms. The summed E-state index contributed by atoms with van der Waals surface area (Å²) in [4.78, 5) is 13.1. The summed E-state index contributed by atoms with van der Waals surface area (Å²) in [7, 11) is 0. The second-order valence-corrected chi connectivity index (χ2v) is 4.49. The summed E-state index contributed by atoms with van der Waals surface area (Å²) in [6.07, 6.45) is -2.46. The zero-order valence-corrected chi connectivity index (χ0v) is 10.7. The third kappa shape index (κ3) is 7.23. The van der Waals surface area contributed by atoms with Crippen molar-refractivity contribution in [3.63, 3.8) is 0 Å². The van der Waals surface area contributed by atoms with Gasteiger partial charge in [0.2, 0.25) is 5.91 Å². The van der Waals surface area contributed by atoms with Gasteiger partial charge in [0.25, 0.3) is 6.43 Å². The number of rotatable bonds is 8. The minimum Gasteiger partial charge on any atom is -0.354 e. The molecular formula is C11H23F2N3O. The van der Waals surface area contributed by atoms with Crippen LogP contribution in [0, 0.1) is 5.92 Å². The van der Waals surface area contributed by atoms with Gasteiger partial charge in [-0.2, -0.15) is 0 Å². The highest BCUT2D eigenvalue weighted by atomic mass is 19.3. The first kappa shape index (κ1) is 16.2. The van der Waals surface area contributed by atoms with Crippen LogP contribution < -0.4 is 11.1 Å². The van der Waals surface area contributed by atoms with Crippen LogP contribution in [0.15, 0.2) is 0 Å². The predicted molar refractivity (Wildman–Crippen MR) is 63.9 cm³/mol. The molecule has 3 N–H and O–H groups in total. The molecule has 0 aromatic heterocycles. The van der Waals surface area contributed by atoms with Crippen LogP contribution in [0.25, 0.3) is 0 Å². The summed E-state index contributed by atoms with van der Waals surface area (Å²) >= 11 is 0. The van der Waals surface area contributed by atoms with Crippen LogP contribution >= 0.6 is 0 Å². The smallest absolute Gasteiger partial charge is 0.251 e. The first-order valence-electron chi connectivity index (χ1n) is 5.88. The van der Waals surface area contributed by atoms with Gasteiger partial charge in [-0.1, -0.05) is 13.8 Å². The summed E-state index contributed by atoms with van der Waals surface area (Å²) in [5, 5.41) is 2.73. The third-order valence-electron chi connectivity index (χ3n) is 2.40. The quantitative estimate of drug-likeness (QED) is 0.667. The molecule has 0 aromatic rings. The van der Waals surface area contributed by atoms with Crippen LogP contribution in [0.3, 0.4) is 0 Å². The Labute approximate surface area is 102 Å². The van der Waals surface area contributed by atoms with Crippen molar-refractivity contribution in [2.24, 2.45) is 11.7 Å². The van der Waals surface area contributed by atoms with Gasteiger partial charge >= 0.3 is 0 Å². The highest BCUT2D eigenvalue weighted by molar-refractivity contribution is 5.81. The average Bonchev–Trinajstić information content (AvgIpc) is 2.23. The van der Waals surface area contributed by atoms with Crippen molar-refractivity contribution in [2.45, 2.75) is 33.2 Å². The second kappa shape index (κ2) is 8.36. The van der Waals surface area contributed by atoms with Gasteiger partial charge in [-0.05, 0) is 12.8 Å². The molecule has 4 nitrogen and oxygen atoms in total. The van der Waals surface area contributed by atoms with E-state index < -0.39 is 19.0 Å². The number of alkyl halides is 2. The maximum absolute atomic E-state index is 12.3. The van der Waals surface area contributed by atoms with Crippen molar-refractivity contribution >= 4 is 5.91 Å². The normalized spacial score (nSPS) is 13.5. The van der Waals surface area contributed by atoms with E-state index in [1.807, 2.05) is 13.8 Å². The highest BCUT2D eigenvalue weighted by Gasteiger charge is 2.23. The van der Waals surface area contributed by atoms with E-state index in [2.05, 4.69) is 5.32 Å². The van der Waals surface area contributed by atoms with Crippen molar-refractivity contribution in [1.82, 2.24) is 10.2 Å². The number of hydrogen-bond donors (Lipinski definition) is 2. The summed E-state index contributed by atoms with van der Waals surface area (Å²) in [5.41, 5.74) is 5.35. The van der Waals surface area contributed by atoms with Gasteiger partial charge in [0.1, 0.15) is 0 Å². The lowest BCUT2D eigenvalue weighted by Crippen LogP contribution is -2.49. The Kier molecular flexibility index (Phi) is 7.99. The third-order valence-corrected chi connectivity index (χ3v) is 2.40. The number of amides is 1. The molecule has 0 fully saturated rings. The second-order valence-electron chi connectivity index (χ2n) is 4.49. The number of nitrogens with zero attached hydrogens (tertiary/aromatic N) is 1. The highest BCUT2D eigenvalue weighted by Crippen LogP contribution is 2.04. The van der Waals surface area contributed by atoms with E-state index in [4.69, 9.17) is 5.73 Å². The van der Waals surface area contributed by atoms with Gasteiger partial charge in [0.05, 0.1) is 12.6 Å². The van der Waals surface area contributed by atoms with Crippen LogP contribution in [-0.2, 0) is 4.79 Å². The fraction of sp³-hybridized carbons (Fsp3) is 0.909. The molecule has 0 bridgehead atoms. The summed E-state index contributed by atoms with van der Waals surface area (Å²) in [6.45, 7) is 6.24. The van der Waals surface area contributed by atoms with E-state index in [1.165, 1.54) is 4.90 Å². The lowest BCUT2D eigenvalue weighted by atomic mass is 10.2. The van der Waals surface area contributed by atoms with Gasteiger partial charge in [-0.25, -0.2) is 8.78 Å². The van der Waals surface area contributed by atoms with Gasteiger partial charge in [-0.15, -0.1) is 0 Å². The number of nitrogens with two attached hydrogens (primary N) is 1. The largest absolute Gasteiger partial charge is 0.354 e. The van der Waals surface area contributed by atoms with E-state index in [1.54, 1.807) is 6.92 Å². The maximum Gasteiger partial charge on any atom is 0.251 e. The lowest BCUT2D eigenvalue weighted by Gasteiger charge is -2.27. The Morgan fingerprint density at radius 2 is 1.94 bits per heavy atom. The molecule has 0 radical (unpaired) electrons. The molecule has 102 valence electrons. The number of hydrogen-bond acceptors (Lipinski definition) is 3. The van der Waals surface area contributed by atoms with Gasteiger partial charge in [0, 0.05) is 19.6 Å². The van der Waals surface area contributed by atoms with E-state index in [9.17, 15) is 13.6 Å². The minimum absolute atomic E-state index is 0.229. The van der Waals surface area contributed by atoms with Crippen LogP contribution in [0.1, 0.15) is 20.8 Å². The first-order valence-corrected chi connectivity index (χ1v) is 5.88. The van der Waals surface area contributed by atoms with Crippen molar-refractivity contribution in [3.8, 4) is 0 Å². The Balaban J connectivity index is 4.27. The molecule has 0 saturated carbocycles. The molecule has 0 aromatic carbocycles. The fourth-order valence-corrected chi connectivity index (χ4v) is 1.40.